The van der Waals surface area contributed by atoms with Crippen LogP contribution >= 0.6 is 11.8 Å². The first kappa shape index (κ1) is 22.2. The highest BCUT2D eigenvalue weighted by molar-refractivity contribution is 8.18. The molecule has 2 aromatic carbocycles. The SMILES string of the molecule is COc1ccc(/C=N/N=C2\S/C(=C\c3ccc(O)cc3)C(=O)N2Cc2ccco2)cc1OC. The Morgan fingerprint density at radius 2 is 1.82 bits per heavy atom. The van der Waals surface area contributed by atoms with Crippen molar-refractivity contribution in [2.75, 3.05) is 14.2 Å². The number of phenols is 1. The van der Waals surface area contributed by atoms with Crippen LogP contribution in [0.25, 0.3) is 6.08 Å². The van der Waals surface area contributed by atoms with E-state index < -0.39 is 0 Å². The van der Waals surface area contributed by atoms with Crippen LogP contribution in [0, 0.1) is 0 Å². The number of aromatic hydroxyl groups is 1. The highest BCUT2D eigenvalue weighted by atomic mass is 32.2. The molecule has 8 nitrogen and oxygen atoms in total. The summed E-state index contributed by atoms with van der Waals surface area (Å²) in [5.41, 5.74) is 1.56. The van der Waals surface area contributed by atoms with Gasteiger partial charge in [-0.05, 0) is 71.4 Å². The van der Waals surface area contributed by atoms with Gasteiger partial charge in [0.2, 0.25) is 0 Å². The maximum atomic E-state index is 13.1. The fourth-order valence-electron chi connectivity index (χ4n) is 3.08. The van der Waals surface area contributed by atoms with Gasteiger partial charge in [-0.15, -0.1) is 5.10 Å². The molecule has 1 amide bonds. The highest BCUT2D eigenvalue weighted by Gasteiger charge is 2.34. The molecule has 168 valence electrons. The van der Waals surface area contributed by atoms with E-state index in [1.54, 1.807) is 81.3 Å². The van der Waals surface area contributed by atoms with Crippen LogP contribution in [0.1, 0.15) is 16.9 Å². The van der Waals surface area contributed by atoms with Crippen molar-refractivity contribution in [1.29, 1.82) is 0 Å². The summed E-state index contributed by atoms with van der Waals surface area (Å²) in [5.74, 6) is 1.79. The maximum Gasteiger partial charge on any atom is 0.267 e. The lowest BCUT2D eigenvalue weighted by Gasteiger charge is -2.12. The fraction of sp³-hybridized carbons (Fsp3) is 0.125. The van der Waals surface area contributed by atoms with Gasteiger partial charge in [0.05, 0.1) is 38.1 Å². The Morgan fingerprint density at radius 1 is 1.06 bits per heavy atom. The van der Waals surface area contributed by atoms with Crippen molar-refractivity contribution in [3.63, 3.8) is 0 Å². The van der Waals surface area contributed by atoms with Crippen molar-refractivity contribution in [3.05, 3.63) is 82.7 Å². The van der Waals surface area contributed by atoms with Crippen molar-refractivity contribution < 1.29 is 23.8 Å². The molecule has 0 aliphatic carbocycles. The van der Waals surface area contributed by atoms with Gasteiger partial charge in [-0.25, -0.2) is 0 Å². The van der Waals surface area contributed by atoms with Gasteiger partial charge in [0.1, 0.15) is 11.5 Å². The summed E-state index contributed by atoms with van der Waals surface area (Å²) in [4.78, 5) is 15.1. The molecule has 1 N–H and O–H groups in total. The number of carbonyl (C=O) groups is 1. The number of amidine groups is 1. The minimum Gasteiger partial charge on any atom is -0.508 e. The Morgan fingerprint density at radius 3 is 2.52 bits per heavy atom. The van der Waals surface area contributed by atoms with Crippen LogP contribution in [0.2, 0.25) is 0 Å². The summed E-state index contributed by atoms with van der Waals surface area (Å²) >= 11 is 1.22. The van der Waals surface area contributed by atoms with Gasteiger partial charge in [0.25, 0.3) is 5.91 Å². The average molecular weight is 464 g/mol. The number of carbonyl (C=O) groups excluding carboxylic acids is 1. The van der Waals surface area contributed by atoms with Crippen LogP contribution in [-0.2, 0) is 11.3 Å². The van der Waals surface area contributed by atoms with Crippen LogP contribution in [0.4, 0.5) is 0 Å². The van der Waals surface area contributed by atoms with Crippen molar-refractivity contribution in [2.24, 2.45) is 10.2 Å². The Balaban J connectivity index is 1.60. The number of methoxy groups -OCH3 is 2. The molecule has 33 heavy (non-hydrogen) atoms. The van der Waals surface area contributed by atoms with E-state index in [1.807, 2.05) is 6.07 Å². The standard InChI is InChI=1S/C24H21N3O5S/c1-30-20-10-7-17(12-21(20)31-2)14-25-26-24-27(15-19-4-3-11-32-19)23(29)22(33-24)13-16-5-8-18(28)9-6-16/h3-14,28H,15H2,1-2H3/b22-13-,25-14+,26-24-. The second-order valence-corrected chi connectivity index (χ2v) is 7.92. The second kappa shape index (κ2) is 10.1. The molecule has 0 unspecified atom stereocenters. The molecule has 0 bridgehead atoms. The first-order valence-electron chi connectivity index (χ1n) is 9.93. The number of benzene rings is 2. The zero-order valence-electron chi connectivity index (χ0n) is 18.0. The Bertz CT molecular complexity index is 1220. The summed E-state index contributed by atoms with van der Waals surface area (Å²) in [5, 5.41) is 18.4. The normalized spacial score (nSPS) is 16.3. The van der Waals surface area contributed by atoms with E-state index in [4.69, 9.17) is 13.9 Å². The summed E-state index contributed by atoms with van der Waals surface area (Å²) in [6.45, 7) is 0.233. The van der Waals surface area contributed by atoms with E-state index in [0.717, 1.165) is 11.1 Å². The van der Waals surface area contributed by atoms with Crippen molar-refractivity contribution in [2.45, 2.75) is 6.54 Å². The molecule has 0 radical (unpaired) electrons. The van der Waals surface area contributed by atoms with Crippen molar-refractivity contribution in [3.8, 4) is 17.2 Å². The molecule has 1 aliphatic heterocycles. The predicted molar refractivity (Wildman–Crippen MR) is 128 cm³/mol. The highest BCUT2D eigenvalue weighted by Crippen LogP contribution is 2.34. The molecule has 3 aromatic rings. The zero-order valence-corrected chi connectivity index (χ0v) is 18.8. The van der Waals surface area contributed by atoms with Gasteiger partial charge in [-0.2, -0.15) is 5.10 Å². The number of hydrogen-bond acceptors (Lipinski definition) is 8. The van der Waals surface area contributed by atoms with Crippen LogP contribution in [0.3, 0.4) is 0 Å². The van der Waals surface area contributed by atoms with E-state index in [2.05, 4.69) is 10.2 Å². The van der Waals surface area contributed by atoms with E-state index in [-0.39, 0.29) is 18.2 Å². The largest absolute Gasteiger partial charge is 0.508 e. The third kappa shape index (κ3) is 5.27. The van der Waals surface area contributed by atoms with Gasteiger partial charge >= 0.3 is 0 Å². The number of rotatable bonds is 7. The van der Waals surface area contributed by atoms with E-state index in [9.17, 15) is 9.90 Å². The quantitative estimate of drug-likeness (QED) is 0.315. The number of thioether (sulfide) groups is 1. The number of amides is 1. The lowest BCUT2D eigenvalue weighted by Crippen LogP contribution is -2.28. The molecular formula is C24H21N3O5S. The van der Waals surface area contributed by atoms with Gasteiger partial charge in [-0.1, -0.05) is 12.1 Å². The first-order chi connectivity index (χ1) is 16.1. The third-order valence-corrected chi connectivity index (χ3v) is 5.73. The van der Waals surface area contributed by atoms with Crippen LogP contribution in [-0.4, -0.2) is 41.5 Å². The van der Waals surface area contributed by atoms with Gasteiger partial charge < -0.3 is 19.0 Å². The number of hydrogen-bond donors (Lipinski definition) is 1. The molecule has 0 spiro atoms. The van der Waals surface area contributed by atoms with Crippen molar-refractivity contribution >= 4 is 35.1 Å². The minimum atomic E-state index is -0.204. The second-order valence-electron chi connectivity index (χ2n) is 6.91. The van der Waals surface area contributed by atoms with Crippen LogP contribution < -0.4 is 9.47 Å². The van der Waals surface area contributed by atoms with Gasteiger partial charge in [-0.3, -0.25) is 9.69 Å². The molecule has 4 rings (SSSR count). The lowest BCUT2D eigenvalue weighted by molar-refractivity contribution is -0.122. The summed E-state index contributed by atoms with van der Waals surface area (Å²) < 4.78 is 16.0. The molecule has 2 heterocycles. The molecule has 1 saturated heterocycles. The average Bonchev–Trinajstić information content (AvgIpc) is 3.44. The predicted octanol–water partition coefficient (Wildman–Crippen LogP) is 4.51. The summed E-state index contributed by atoms with van der Waals surface area (Å²) in [7, 11) is 3.14. The topological polar surface area (TPSA) is 96.9 Å². The molecule has 1 aromatic heterocycles. The number of nitrogens with zero attached hydrogens (tertiary/aromatic N) is 3. The van der Waals surface area contributed by atoms with E-state index >= 15 is 0 Å². The summed E-state index contributed by atoms with van der Waals surface area (Å²) in [6, 6.07) is 15.6. The molecule has 0 saturated carbocycles. The minimum absolute atomic E-state index is 0.161. The molecular weight excluding hydrogens is 442 g/mol. The first-order valence-corrected chi connectivity index (χ1v) is 10.7. The van der Waals surface area contributed by atoms with Gasteiger partial charge in [0, 0.05) is 0 Å². The summed E-state index contributed by atoms with van der Waals surface area (Å²) in [6.07, 6.45) is 4.89. The van der Waals surface area contributed by atoms with E-state index in [1.165, 1.54) is 16.7 Å². The zero-order chi connectivity index (χ0) is 23.2. The van der Waals surface area contributed by atoms with Gasteiger partial charge in [0.15, 0.2) is 16.7 Å². The Hall–Kier alpha value is -3.98. The Kier molecular flexibility index (Phi) is 6.80. The Labute approximate surface area is 194 Å². The number of ether oxygens (including phenoxy) is 2. The number of phenolic OH excluding ortho intramolecular Hbond substituents is 1. The van der Waals surface area contributed by atoms with E-state index in [0.29, 0.717) is 27.3 Å². The molecule has 9 heteroatoms. The lowest BCUT2D eigenvalue weighted by atomic mass is 10.2. The molecule has 1 aliphatic rings. The number of furan rings is 1. The van der Waals surface area contributed by atoms with Crippen LogP contribution in [0.5, 0.6) is 17.2 Å². The monoisotopic (exact) mass is 463 g/mol. The maximum absolute atomic E-state index is 13.1. The molecule has 1 fully saturated rings. The fourth-order valence-corrected chi connectivity index (χ4v) is 4.02. The third-order valence-electron chi connectivity index (χ3n) is 4.73. The van der Waals surface area contributed by atoms with Crippen molar-refractivity contribution in [1.82, 2.24) is 4.90 Å². The molecule has 0 atom stereocenters. The smallest absolute Gasteiger partial charge is 0.267 e. The van der Waals surface area contributed by atoms with Crippen LogP contribution in [0.15, 0.2) is 80.4 Å².